The van der Waals surface area contributed by atoms with Crippen LogP contribution in [0.3, 0.4) is 0 Å². The first-order valence-electron chi connectivity index (χ1n) is 5.15. The van der Waals surface area contributed by atoms with Crippen LogP contribution in [0.15, 0.2) is 0 Å². The summed E-state index contributed by atoms with van der Waals surface area (Å²) in [5.74, 6) is -0.720. The van der Waals surface area contributed by atoms with E-state index in [1.807, 2.05) is 13.8 Å². The lowest BCUT2D eigenvalue weighted by Gasteiger charge is -2.12. The predicted octanol–water partition coefficient (Wildman–Crippen LogP) is 1.50. The smallest absolute Gasteiger partial charge is 0.316 e. The number of hydrogen-bond donors (Lipinski definition) is 2. The van der Waals surface area contributed by atoms with Crippen LogP contribution in [-0.2, 0) is 9.59 Å². The third-order valence-corrected chi connectivity index (χ3v) is 3.45. The van der Waals surface area contributed by atoms with Crippen molar-refractivity contribution in [3.63, 3.8) is 0 Å². The molecule has 0 aromatic heterocycles. The first kappa shape index (κ1) is 14.3. The molecule has 88 valence electrons. The lowest BCUT2D eigenvalue weighted by Crippen LogP contribution is -2.34. The first-order valence-corrected chi connectivity index (χ1v) is 6.19. The van der Waals surface area contributed by atoms with E-state index in [4.69, 9.17) is 5.11 Å². The van der Waals surface area contributed by atoms with Crippen LogP contribution in [0.25, 0.3) is 0 Å². The molecule has 0 saturated heterocycles. The molecule has 5 heteroatoms. The second-order valence-electron chi connectivity index (χ2n) is 3.42. The van der Waals surface area contributed by atoms with Crippen molar-refractivity contribution < 1.29 is 14.7 Å². The van der Waals surface area contributed by atoms with Crippen LogP contribution < -0.4 is 5.32 Å². The number of carbonyl (C=O) groups is 2. The molecule has 0 saturated carbocycles. The topological polar surface area (TPSA) is 66.4 Å². The minimum atomic E-state index is -0.848. The molecule has 1 amide bonds. The number of rotatable bonds is 7. The molecular weight excluding hydrogens is 214 g/mol. The second-order valence-corrected chi connectivity index (χ2v) is 4.61. The highest BCUT2D eigenvalue weighted by atomic mass is 32.2. The number of carbonyl (C=O) groups excluding carboxylic acids is 1. The van der Waals surface area contributed by atoms with E-state index >= 15 is 0 Å². The number of carboxylic acids is 1. The average molecular weight is 233 g/mol. The minimum Gasteiger partial charge on any atom is -0.480 e. The van der Waals surface area contributed by atoms with Crippen LogP contribution in [0.1, 0.15) is 33.6 Å². The molecule has 0 rings (SSSR count). The highest BCUT2D eigenvalue weighted by Gasteiger charge is 2.17. The van der Waals surface area contributed by atoms with E-state index in [0.717, 1.165) is 6.42 Å². The fourth-order valence-corrected chi connectivity index (χ4v) is 1.77. The van der Waals surface area contributed by atoms with Crippen molar-refractivity contribution in [2.45, 2.75) is 44.9 Å². The lowest BCUT2D eigenvalue weighted by molar-refractivity contribution is -0.136. The van der Waals surface area contributed by atoms with Gasteiger partial charge in [-0.2, -0.15) is 0 Å². The molecule has 0 aromatic carbocycles. The Morgan fingerprint density at radius 2 is 1.93 bits per heavy atom. The summed E-state index contributed by atoms with van der Waals surface area (Å²) in [4.78, 5) is 22.0. The van der Waals surface area contributed by atoms with Crippen molar-refractivity contribution in [1.29, 1.82) is 0 Å². The van der Waals surface area contributed by atoms with E-state index in [0.29, 0.717) is 6.42 Å². The van der Waals surface area contributed by atoms with E-state index in [1.54, 1.807) is 6.92 Å². The summed E-state index contributed by atoms with van der Waals surface area (Å²) < 4.78 is 0. The monoisotopic (exact) mass is 233 g/mol. The zero-order chi connectivity index (χ0) is 11.8. The molecule has 2 unspecified atom stereocenters. The van der Waals surface area contributed by atoms with Gasteiger partial charge in [0.2, 0.25) is 5.91 Å². The van der Waals surface area contributed by atoms with Gasteiger partial charge in [-0.25, -0.2) is 0 Å². The zero-order valence-corrected chi connectivity index (χ0v) is 10.3. The Morgan fingerprint density at radius 1 is 1.33 bits per heavy atom. The van der Waals surface area contributed by atoms with Crippen LogP contribution in [0, 0.1) is 0 Å². The number of aliphatic carboxylic acids is 1. The van der Waals surface area contributed by atoms with Gasteiger partial charge in [-0.05, 0) is 19.8 Å². The number of nitrogens with one attached hydrogen (secondary N) is 1. The Balaban J connectivity index is 3.83. The van der Waals surface area contributed by atoms with Crippen molar-refractivity contribution in [3.8, 4) is 0 Å². The number of carboxylic acid groups (broad SMARTS) is 1. The normalized spacial score (nSPS) is 14.3. The highest BCUT2D eigenvalue weighted by molar-refractivity contribution is 8.01. The Hall–Kier alpha value is -0.710. The van der Waals surface area contributed by atoms with Gasteiger partial charge in [0.05, 0.1) is 5.75 Å². The lowest BCUT2D eigenvalue weighted by atomic mass is 10.3. The van der Waals surface area contributed by atoms with E-state index < -0.39 is 11.2 Å². The minimum absolute atomic E-state index is 0.0888. The SMILES string of the molecule is CCC(C)NC(=O)CSC(CC)C(=O)O. The molecule has 0 radical (unpaired) electrons. The maximum atomic E-state index is 11.3. The zero-order valence-electron chi connectivity index (χ0n) is 9.45. The van der Waals surface area contributed by atoms with Crippen LogP contribution >= 0.6 is 11.8 Å². The van der Waals surface area contributed by atoms with Crippen molar-refractivity contribution in [2.24, 2.45) is 0 Å². The summed E-state index contributed by atoms with van der Waals surface area (Å²) in [7, 11) is 0. The molecule has 2 N–H and O–H groups in total. The van der Waals surface area contributed by atoms with Crippen molar-refractivity contribution in [1.82, 2.24) is 5.32 Å². The van der Waals surface area contributed by atoms with Gasteiger partial charge in [0, 0.05) is 6.04 Å². The van der Waals surface area contributed by atoms with E-state index in [9.17, 15) is 9.59 Å². The number of amides is 1. The summed E-state index contributed by atoms with van der Waals surface area (Å²) in [5.41, 5.74) is 0. The summed E-state index contributed by atoms with van der Waals surface area (Å²) >= 11 is 1.18. The van der Waals surface area contributed by atoms with Crippen molar-refractivity contribution >= 4 is 23.6 Å². The average Bonchev–Trinajstić information content (AvgIpc) is 2.17. The van der Waals surface area contributed by atoms with Gasteiger partial charge in [-0.15, -0.1) is 11.8 Å². The van der Waals surface area contributed by atoms with Crippen LogP contribution in [0.2, 0.25) is 0 Å². The Labute approximate surface area is 94.8 Å². The summed E-state index contributed by atoms with van der Waals surface area (Å²) in [5, 5.41) is 11.1. The third-order valence-electron chi connectivity index (χ3n) is 2.08. The van der Waals surface area contributed by atoms with E-state index in [-0.39, 0.29) is 17.7 Å². The van der Waals surface area contributed by atoms with Gasteiger partial charge >= 0.3 is 5.97 Å². The van der Waals surface area contributed by atoms with Crippen LogP contribution in [0.5, 0.6) is 0 Å². The molecule has 0 bridgehead atoms. The van der Waals surface area contributed by atoms with Gasteiger partial charge in [0.15, 0.2) is 0 Å². The summed E-state index contributed by atoms with van der Waals surface area (Å²) in [6.07, 6.45) is 1.42. The van der Waals surface area contributed by atoms with Crippen molar-refractivity contribution in [3.05, 3.63) is 0 Å². The van der Waals surface area contributed by atoms with E-state index in [1.165, 1.54) is 11.8 Å². The molecule has 0 heterocycles. The van der Waals surface area contributed by atoms with Gasteiger partial charge < -0.3 is 10.4 Å². The molecule has 0 aliphatic carbocycles. The van der Waals surface area contributed by atoms with Gasteiger partial charge in [-0.3, -0.25) is 9.59 Å². The Kier molecular flexibility index (Phi) is 7.21. The summed E-state index contributed by atoms with van der Waals surface area (Å²) in [6.45, 7) is 5.72. The fraction of sp³-hybridized carbons (Fsp3) is 0.800. The predicted molar refractivity (Wildman–Crippen MR) is 62.1 cm³/mol. The quantitative estimate of drug-likeness (QED) is 0.699. The molecular formula is C10H19NO3S. The van der Waals surface area contributed by atoms with Gasteiger partial charge in [0.25, 0.3) is 0 Å². The molecule has 0 aliphatic heterocycles. The second kappa shape index (κ2) is 7.56. The van der Waals surface area contributed by atoms with Crippen LogP contribution in [-0.4, -0.2) is 34.0 Å². The van der Waals surface area contributed by atoms with Crippen LogP contribution in [0.4, 0.5) is 0 Å². The molecule has 0 aromatic rings. The fourth-order valence-electron chi connectivity index (χ4n) is 0.959. The van der Waals surface area contributed by atoms with E-state index in [2.05, 4.69) is 5.32 Å². The molecule has 0 fully saturated rings. The van der Waals surface area contributed by atoms with Crippen molar-refractivity contribution in [2.75, 3.05) is 5.75 Å². The van der Waals surface area contributed by atoms with Gasteiger partial charge in [-0.1, -0.05) is 13.8 Å². The Bertz CT molecular complexity index is 221. The largest absolute Gasteiger partial charge is 0.480 e. The standard InChI is InChI=1S/C10H19NO3S/c1-4-7(3)11-9(12)6-15-8(5-2)10(13)14/h7-8H,4-6H2,1-3H3,(H,11,12)(H,13,14). The third kappa shape index (κ3) is 6.38. The molecule has 0 aliphatic rings. The highest BCUT2D eigenvalue weighted by Crippen LogP contribution is 2.14. The summed E-state index contributed by atoms with van der Waals surface area (Å²) in [6, 6.07) is 0.156. The molecule has 4 nitrogen and oxygen atoms in total. The number of thioether (sulfide) groups is 1. The van der Waals surface area contributed by atoms with Gasteiger partial charge in [0.1, 0.15) is 5.25 Å². The maximum absolute atomic E-state index is 11.3. The molecule has 2 atom stereocenters. The Morgan fingerprint density at radius 3 is 2.33 bits per heavy atom. The molecule has 15 heavy (non-hydrogen) atoms. The number of hydrogen-bond acceptors (Lipinski definition) is 3. The first-order chi connectivity index (χ1) is 7.01. The maximum Gasteiger partial charge on any atom is 0.316 e. The molecule has 0 spiro atoms.